The Kier molecular flexibility index (Phi) is 4.60. The fourth-order valence-corrected chi connectivity index (χ4v) is 2.83. The molecule has 19 heavy (non-hydrogen) atoms. The maximum atomic E-state index is 12.3. The van der Waals surface area contributed by atoms with Crippen LogP contribution in [-0.4, -0.2) is 22.8 Å². The van der Waals surface area contributed by atoms with Crippen LogP contribution < -0.4 is 0 Å². The number of carbonyl (C=O) groups is 1. The lowest BCUT2D eigenvalue weighted by Crippen LogP contribution is -2.26. The molecular weight excluding hydrogens is 348 g/mol. The van der Waals surface area contributed by atoms with E-state index in [2.05, 4.69) is 20.9 Å². The van der Waals surface area contributed by atoms with Crippen molar-refractivity contribution in [3.63, 3.8) is 0 Å². The molecule has 1 aromatic carbocycles. The van der Waals surface area contributed by atoms with Crippen LogP contribution in [0.25, 0.3) is 0 Å². The summed E-state index contributed by atoms with van der Waals surface area (Å²) in [5.41, 5.74) is 1.38. The van der Waals surface area contributed by atoms with Crippen LogP contribution in [0, 0.1) is 6.92 Å². The molecule has 0 aliphatic rings. The Hall–Kier alpha value is -0.910. The molecule has 0 radical (unpaired) electrons. The second kappa shape index (κ2) is 6.03. The molecule has 2 rings (SSSR count). The lowest BCUT2D eigenvalue weighted by atomic mass is 10.2. The molecule has 0 unspecified atom stereocenters. The first-order valence-corrected chi connectivity index (χ1v) is 7.64. The zero-order chi connectivity index (χ0) is 14.0. The number of hydrogen-bond acceptors (Lipinski definition) is 3. The number of amides is 1. The van der Waals surface area contributed by atoms with E-state index in [1.807, 2.05) is 18.4 Å². The number of aryl methyl sites for hydroxylation is 1. The van der Waals surface area contributed by atoms with E-state index in [-0.39, 0.29) is 5.91 Å². The molecule has 2 aromatic rings. The maximum Gasteiger partial charge on any atom is 0.255 e. The van der Waals surface area contributed by atoms with Gasteiger partial charge in [0.15, 0.2) is 0 Å². The Balaban J connectivity index is 2.16. The number of thiazole rings is 1. The minimum atomic E-state index is -0.114. The zero-order valence-corrected chi connectivity index (χ0v) is 13.6. The summed E-state index contributed by atoms with van der Waals surface area (Å²) in [6, 6.07) is 5.25. The van der Waals surface area contributed by atoms with E-state index in [9.17, 15) is 4.79 Å². The molecule has 1 heterocycles. The summed E-state index contributed by atoms with van der Waals surface area (Å²) in [4.78, 5) is 18.3. The van der Waals surface area contributed by atoms with E-state index in [0.29, 0.717) is 17.1 Å². The van der Waals surface area contributed by atoms with Gasteiger partial charge in [-0.15, -0.1) is 11.3 Å². The highest BCUT2D eigenvalue weighted by Gasteiger charge is 2.16. The first kappa shape index (κ1) is 14.5. The summed E-state index contributed by atoms with van der Waals surface area (Å²) in [5, 5.41) is 3.41. The van der Waals surface area contributed by atoms with Gasteiger partial charge in [-0.05, 0) is 25.1 Å². The van der Waals surface area contributed by atoms with E-state index in [0.717, 1.165) is 15.2 Å². The second-order valence-electron chi connectivity index (χ2n) is 4.14. The third kappa shape index (κ3) is 3.55. The lowest BCUT2D eigenvalue weighted by Gasteiger charge is -2.16. The maximum absolute atomic E-state index is 12.3. The van der Waals surface area contributed by atoms with Crippen molar-refractivity contribution in [1.29, 1.82) is 0 Å². The van der Waals surface area contributed by atoms with E-state index < -0.39 is 0 Å². The highest BCUT2D eigenvalue weighted by molar-refractivity contribution is 9.10. The average Bonchev–Trinajstić information content (AvgIpc) is 2.77. The molecule has 0 bridgehead atoms. The number of rotatable bonds is 3. The molecule has 0 aliphatic heterocycles. The van der Waals surface area contributed by atoms with Crippen molar-refractivity contribution in [2.24, 2.45) is 0 Å². The zero-order valence-electron chi connectivity index (χ0n) is 10.5. The van der Waals surface area contributed by atoms with Crippen molar-refractivity contribution in [3.8, 4) is 0 Å². The van der Waals surface area contributed by atoms with Crippen LogP contribution in [0.1, 0.15) is 21.1 Å². The van der Waals surface area contributed by atoms with Gasteiger partial charge >= 0.3 is 0 Å². The smallest absolute Gasteiger partial charge is 0.255 e. The van der Waals surface area contributed by atoms with E-state index in [1.165, 1.54) is 0 Å². The fourth-order valence-electron chi connectivity index (χ4n) is 1.66. The van der Waals surface area contributed by atoms with Crippen LogP contribution >= 0.6 is 38.9 Å². The largest absolute Gasteiger partial charge is 0.336 e. The molecule has 3 nitrogen and oxygen atoms in total. The second-order valence-corrected chi connectivity index (χ2v) is 6.53. The van der Waals surface area contributed by atoms with Gasteiger partial charge in [-0.2, -0.15) is 0 Å². The summed E-state index contributed by atoms with van der Waals surface area (Å²) < 4.78 is 0.832. The van der Waals surface area contributed by atoms with E-state index in [4.69, 9.17) is 11.6 Å². The highest BCUT2D eigenvalue weighted by atomic mass is 79.9. The Labute approximate surface area is 129 Å². The Morgan fingerprint density at radius 2 is 2.26 bits per heavy atom. The highest BCUT2D eigenvalue weighted by Crippen LogP contribution is 2.22. The molecule has 0 fully saturated rings. The van der Waals surface area contributed by atoms with Crippen LogP contribution in [-0.2, 0) is 6.54 Å². The minimum Gasteiger partial charge on any atom is -0.336 e. The van der Waals surface area contributed by atoms with Gasteiger partial charge in [0.25, 0.3) is 5.91 Å². The molecular formula is C13H12BrClN2OS. The number of nitrogens with zero attached hydrogens (tertiary/aromatic N) is 2. The third-order valence-corrected chi connectivity index (χ3v) is 4.22. The Bertz CT molecular complexity index is 614. The molecule has 1 aromatic heterocycles. The van der Waals surface area contributed by atoms with Crippen LogP contribution in [0.15, 0.2) is 28.1 Å². The van der Waals surface area contributed by atoms with Crippen molar-refractivity contribution in [3.05, 3.63) is 49.3 Å². The van der Waals surface area contributed by atoms with Crippen molar-refractivity contribution in [2.45, 2.75) is 13.5 Å². The SMILES string of the molecule is Cc1nc(CN(C)C(=O)c2cc(Br)ccc2Cl)cs1. The van der Waals surface area contributed by atoms with Crippen molar-refractivity contribution in [2.75, 3.05) is 7.05 Å². The fraction of sp³-hybridized carbons (Fsp3) is 0.231. The van der Waals surface area contributed by atoms with Gasteiger partial charge in [-0.1, -0.05) is 27.5 Å². The van der Waals surface area contributed by atoms with E-state index in [1.54, 1.807) is 35.4 Å². The number of aromatic nitrogens is 1. The summed E-state index contributed by atoms with van der Waals surface area (Å²) in [7, 11) is 1.74. The van der Waals surface area contributed by atoms with Gasteiger partial charge in [0.1, 0.15) is 0 Å². The first-order valence-electron chi connectivity index (χ1n) is 5.59. The number of halogens is 2. The van der Waals surface area contributed by atoms with Crippen molar-refractivity contribution >= 4 is 44.8 Å². The van der Waals surface area contributed by atoms with Gasteiger partial charge in [-0.3, -0.25) is 4.79 Å². The predicted molar refractivity (Wildman–Crippen MR) is 81.8 cm³/mol. The Morgan fingerprint density at radius 1 is 1.53 bits per heavy atom. The average molecular weight is 360 g/mol. The molecule has 100 valence electrons. The summed E-state index contributed by atoms with van der Waals surface area (Å²) in [6.07, 6.45) is 0. The number of carbonyl (C=O) groups excluding carboxylic acids is 1. The normalized spacial score (nSPS) is 10.5. The quantitative estimate of drug-likeness (QED) is 0.825. The van der Waals surface area contributed by atoms with Crippen LogP contribution in [0.3, 0.4) is 0 Å². The molecule has 0 N–H and O–H groups in total. The monoisotopic (exact) mass is 358 g/mol. The molecule has 0 atom stereocenters. The number of benzene rings is 1. The van der Waals surface area contributed by atoms with E-state index >= 15 is 0 Å². The van der Waals surface area contributed by atoms with Crippen LogP contribution in [0.2, 0.25) is 5.02 Å². The van der Waals surface area contributed by atoms with Crippen molar-refractivity contribution in [1.82, 2.24) is 9.88 Å². The molecule has 0 saturated heterocycles. The van der Waals surface area contributed by atoms with Crippen LogP contribution in [0.4, 0.5) is 0 Å². The Morgan fingerprint density at radius 3 is 2.89 bits per heavy atom. The summed E-state index contributed by atoms with van der Waals surface area (Å²) in [6.45, 7) is 2.42. The third-order valence-electron chi connectivity index (χ3n) is 2.57. The first-order chi connectivity index (χ1) is 8.97. The predicted octanol–water partition coefficient (Wildman–Crippen LogP) is 4.14. The molecule has 0 saturated carbocycles. The van der Waals surface area contributed by atoms with Gasteiger partial charge < -0.3 is 4.90 Å². The topological polar surface area (TPSA) is 33.2 Å². The van der Waals surface area contributed by atoms with Gasteiger partial charge in [-0.25, -0.2) is 4.98 Å². The summed E-state index contributed by atoms with van der Waals surface area (Å²) >= 11 is 11.0. The van der Waals surface area contributed by atoms with Crippen LogP contribution in [0.5, 0.6) is 0 Å². The van der Waals surface area contributed by atoms with Crippen molar-refractivity contribution < 1.29 is 4.79 Å². The molecule has 0 spiro atoms. The minimum absolute atomic E-state index is 0.114. The molecule has 0 aliphatic carbocycles. The lowest BCUT2D eigenvalue weighted by molar-refractivity contribution is 0.0783. The molecule has 6 heteroatoms. The van der Waals surface area contributed by atoms with Gasteiger partial charge in [0, 0.05) is 16.9 Å². The van der Waals surface area contributed by atoms with Gasteiger partial charge in [0.2, 0.25) is 0 Å². The van der Waals surface area contributed by atoms with Gasteiger partial charge in [0.05, 0.1) is 27.8 Å². The summed E-state index contributed by atoms with van der Waals surface area (Å²) in [5.74, 6) is -0.114. The standard InChI is InChI=1S/C13H12BrClN2OS/c1-8-16-10(7-19-8)6-17(2)13(18)11-5-9(14)3-4-12(11)15/h3-5,7H,6H2,1-2H3. The molecule has 1 amide bonds. The number of hydrogen-bond donors (Lipinski definition) is 0.